The molecule has 1 aliphatic rings. The van der Waals surface area contributed by atoms with Crippen molar-refractivity contribution in [1.29, 1.82) is 0 Å². The van der Waals surface area contributed by atoms with Gasteiger partial charge in [-0.1, -0.05) is 25.9 Å². The van der Waals surface area contributed by atoms with Gasteiger partial charge in [0.2, 0.25) is 11.9 Å². The molecule has 40 heavy (non-hydrogen) atoms. The van der Waals surface area contributed by atoms with Crippen LogP contribution in [0.1, 0.15) is 51.7 Å². The average Bonchev–Trinajstić information content (AvgIpc) is 3.37. The number of hydrogen-bond donors (Lipinski definition) is 0. The van der Waals surface area contributed by atoms with Gasteiger partial charge in [-0.2, -0.15) is 0 Å². The molecule has 1 aliphatic heterocycles. The molecule has 0 fully saturated rings. The summed E-state index contributed by atoms with van der Waals surface area (Å²) in [7, 11) is 4.12. The van der Waals surface area contributed by atoms with Crippen molar-refractivity contribution in [2.75, 3.05) is 41.5 Å². The SMILES string of the molecule is CCN(CC)C(=O)[C@@H]1ON=C(c2ccc(OC)c(O[Si](C)(C)C(C)(C)C)c2)[C@H]1c1cc(OC)c(OC)c(OC)c1. The van der Waals surface area contributed by atoms with Crippen molar-refractivity contribution in [1.82, 2.24) is 4.90 Å². The number of hydrogen-bond acceptors (Lipinski definition) is 8. The van der Waals surface area contributed by atoms with E-state index in [9.17, 15) is 4.79 Å². The van der Waals surface area contributed by atoms with E-state index in [0.29, 0.717) is 47.5 Å². The highest BCUT2D eigenvalue weighted by Crippen LogP contribution is 2.45. The van der Waals surface area contributed by atoms with E-state index in [1.165, 1.54) is 0 Å². The number of carbonyl (C=O) groups excluding carboxylic acids is 1. The van der Waals surface area contributed by atoms with Gasteiger partial charge in [0, 0.05) is 18.7 Å². The zero-order valence-corrected chi connectivity index (χ0v) is 26.7. The molecular formula is C30H44N2O7Si. The van der Waals surface area contributed by atoms with E-state index in [2.05, 4.69) is 39.0 Å². The summed E-state index contributed by atoms with van der Waals surface area (Å²) < 4.78 is 29.1. The summed E-state index contributed by atoms with van der Waals surface area (Å²) in [5.41, 5.74) is 2.12. The van der Waals surface area contributed by atoms with E-state index in [-0.39, 0.29) is 10.9 Å². The summed E-state index contributed by atoms with van der Waals surface area (Å²) in [4.78, 5) is 21.3. The van der Waals surface area contributed by atoms with Crippen molar-refractivity contribution in [2.24, 2.45) is 5.16 Å². The number of oxime groups is 1. The second kappa shape index (κ2) is 12.4. The molecule has 2 aromatic carbocycles. The van der Waals surface area contributed by atoms with Crippen LogP contribution in [-0.2, 0) is 9.63 Å². The molecule has 0 aliphatic carbocycles. The Morgan fingerprint density at radius 2 is 1.48 bits per heavy atom. The summed E-state index contributed by atoms with van der Waals surface area (Å²) in [6.07, 6.45) is -0.871. The molecule has 1 amide bonds. The molecule has 0 spiro atoms. The third kappa shape index (κ3) is 6.01. The average molecular weight is 573 g/mol. The van der Waals surface area contributed by atoms with Crippen LogP contribution < -0.4 is 23.4 Å². The molecule has 0 saturated heterocycles. The Morgan fingerprint density at radius 3 is 1.95 bits per heavy atom. The zero-order chi connectivity index (χ0) is 29.8. The number of carbonyl (C=O) groups is 1. The van der Waals surface area contributed by atoms with Crippen LogP contribution in [0.4, 0.5) is 0 Å². The molecule has 0 aromatic heterocycles. The van der Waals surface area contributed by atoms with Gasteiger partial charge in [-0.25, -0.2) is 0 Å². The number of nitrogens with zero attached hydrogens (tertiary/aromatic N) is 2. The lowest BCUT2D eigenvalue weighted by atomic mass is 9.85. The van der Waals surface area contributed by atoms with Crippen molar-refractivity contribution in [2.45, 2.75) is 64.8 Å². The van der Waals surface area contributed by atoms with Crippen LogP contribution in [0.5, 0.6) is 28.7 Å². The van der Waals surface area contributed by atoms with E-state index in [1.54, 1.807) is 33.3 Å². The van der Waals surface area contributed by atoms with Gasteiger partial charge in [-0.15, -0.1) is 0 Å². The summed E-state index contributed by atoms with van der Waals surface area (Å²) in [5, 5.41) is 4.47. The molecule has 220 valence electrons. The molecule has 2 atom stereocenters. The lowest BCUT2D eigenvalue weighted by molar-refractivity contribution is -0.142. The fourth-order valence-corrected chi connectivity index (χ4v) is 5.48. The maximum atomic E-state index is 13.7. The highest BCUT2D eigenvalue weighted by Gasteiger charge is 2.44. The highest BCUT2D eigenvalue weighted by atomic mass is 28.4. The molecule has 10 heteroatoms. The maximum Gasteiger partial charge on any atom is 0.267 e. The molecule has 0 unspecified atom stereocenters. The number of benzene rings is 2. The lowest BCUT2D eigenvalue weighted by Gasteiger charge is -2.36. The molecule has 1 heterocycles. The zero-order valence-electron chi connectivity index (χ0n) is 25.7. The number of methoxy groups -OCH3 is 4. The highest BCUT2D eigenvalue weighted by molar-refractivity contribution is 6.74. The normalized spacial score (nSPS) is 17.0. The quantitative estimate of drug-likeness (QED) is 0.312. The summed E-state index contributed by atoms with van der Waals surface area (Å²) in [6.45, 7) is 15.9. The minimum atomic E-state index is -2.19. The third-order valence-electron chi connectivity index (χ3n) is 7.86. The molecule has 9 nitrogen and oxygen atoms in total. The van der Waals surface area contributed by atoms with Crippen molar-refractivity contribution < 1.29 is 33.0 Å². The number of likely N-dealkylation sites (N-methyl/N-ethyl adjacent to an activating group) is 1. The van der Waals surface area contributed by atoms with Crippen LogP contribution in [0.15, 0.2) is 35.5 Å². The summed E-state index contributed by atoms with van der Waals surface area (Å²) >= 11 is 0. The van der Waals surface area contributed by atoms with Gasteiger partial charge in [0.1, 0.15) is 5.75 Å². The molecule has 2 aromatic rings. The van der Waals surface area contributed by atoms with Crippen molar-refractivity contribution in [3.05, 3.63) is 41.5 Å². The van der Waals surface area contributed by atoms with E-state index >= 15 is 0 Å². The first-order valence-corrected chi connectivity index (χ1v) is 16.5. The molecule has 0 saturated carbocycles. The molecule has 0 radical (unpaired) electrons. The van der Waals surface area contributed by atoms with Crippen LogP contribution in [0.3, 0.4) is 0 Å². The van der Waals surface area contributed by atoms with E-state index < -0.39 is 20.3 Å². The van der Waals surface area contributed by atoms with E-state index in [4.69, 9.17) is 28.2 Å². The smallest absolute Gasteiger partial charge is 0.267 e. The number of rotatable bonds is 11. The Hall–Kier alpha value is -3.40. The van der Waals surface area contributed by atoms with Crippen LogP contribution in [0.2, 0.25) is 18.1 Å². The lowest BCUT2D eigenvalue weighted by Crippen LogP contribution is -2.44. The van der Waals surface area contributed by atoms with Gasteiger partial charge in [0.05, 0.1) is 40.1 Å². The van der Waals surface area contributed by atoms with Gasteiger partial charge < -0.3 is 33.1 Å². The number of ether oxygens (including phenoxy) is 4. The molecule has 0 N–H and O–H groups in total. The first-order chi connectivity index (χ1) is 18.9. The second-order valence-electron chi connectivity index (χ2n) is 11.2. The molecular weight excluding hydrogens is 528 g/mol. The Bertz CT molecular complexity index is 1210. The van der Waals surface area contributed by atoms with Crippen molar-refractivity contribution >= 4 is 19.9 Å². The van der Waals surface area contributed by atoms with Gasteiger partial charge in [-0.05, 0) is 67.9 Å². The van der Waals surface area contributed by atoms with Crippen molar-refractivity contribution in [3.8, 4) is 28.7 Å². The van der Waals surface area contributed by atoms with Crippen LogP contribution >= 0.6 is 0 Å². The largest absolute Gasteiger partial charge is 0.541 e. The Kier molecular flexibility index (Phi) is 9.66. The maximum absolute atomic E-state index is 13.7. The third-order valence-corrected chi connectivity index (χ3v) is 12.2. The van der Waals surface area contributed by atoms with Crippen LogP contribution in [-0.4, -0.2) is 72.5 Å². The predicted octanol–water partition coefficient (Wildman–Crippen LogP) is 5.86. The molecule has 0 bridgehead atoms. The summed E-state index contributed by atoms with van der Waals surface area (Å²) in [6, 6.07) is 9.39. The Labute approximate surface area is 239 Å². The second-order valence-corrected chi connectivity index (χ2v) is 15.9. The predicted molar refractivity (Wildman–Crippen MR) is 159 cm³/mol. The molecule has 3 rings (SSSR count). The number of amides is 1. The Balaban J connectivity index is 2.19. The van der Waals surface area contributed by atoms with Crippen molar-refractivity contribution in [3.63, 3.8) is 0 Å². The van der Waals surface area contributed by atoms with Gasteiger partial charge >= 0.3 is 0 Å². The van der Waals surface area contributed by atoms with Crippen LogP contribution in [0, 0.1) is 0 Å². The van der Waals surface area contributed by atoms with E-state index in [0.717, 1.165) is 11.1 Å². The minimum absolute atomic E-state index is 0.0119. The monoisotopic (exact) mass is 572 g/mol. The van der Waals surface area contributed by atoms with E-state index in [1.807, 2.05) is 44.2 Å². The fraction of sp³-hybridized carbons (Fsp3) is 0.533. The van der Waals surface area contributed by atoms with Gasteiger partial charge in [0.15, 0.2) is 17.2 Å². The fourth-order valence-electron chi connectivity index (χ4n) is 4.47. The van der Waals surface area contributed by atoms with Crippen LogP contribution in [0.25, 0.3) is 0 Å². The first kappa shape index (κ1) is 31.1. The summed E-state index contributed by atoms with van der Waals surface area (Å²) in [5.74, 6) is 2.00. The first-order valence-electron chi connectivity index (χ1n) is 13.6. The van der Waals surface area contributed by atoms with Gasteiger partial charge in [-0.3, -0.25) is 4.79 Å². The Morgan fingerprint density at radius 1 is 0.900 bits per heavy atom. The topological polar surface area (TPSA) is 88.1 Å². The minimum Gasteiger partial charge on any atom is -0.541 e. The van der Waals surface area contributed by atoms with Gasteiger partial charge in [0.25, 0.3) is 14.2 Å². The standard InChI is InChI=1S/C30H44N2O7Si/c1-12-32(13-2)29(33)28-25(20-17-23(35-7)27(37-9)24(18-20)36-8)26(31-38-28)19-14-15-21(34-6)22(16-19)39-40(10,11)30(3,4)5/h14-18,25,28H,12-13H2,1-11H3/t25-,28-/m1/s1.